The van der Waals surface area contributed by atoms with E-state index < -0.39 is 11.7 Å². The molecule has 0 spiro atoms. The zero-order valence-corrected chi connectivity index (χ0v) is 19.6. The maximum absolute atomic E-state index is 13.4. The molecule has 3 heterocycles. The quantitative estimate of drug-likeness (QED) is 0.197. The number of carbonyl (C=O) groups is 1. The molecule has 0 radical (unpaired) electrons. The Labute approximate surface area is 214 Å². The summed E-state index contributed by atoms with van der Waals surface area (Å²) in [4.78, 5) is 19.9. The van der Waals surface area contributed by atoms with Gasteiger partial charge in [0.1, 0.15) is 0 Å². The van der Waals surface area contributed by atoms with Gasteiger partial charge in [0.2, 0.25) is 0 Å². The molecule has 5 aromatic rings. The van der Waals surface area contributed by atoms with Crippen LogP contribution in [0, 0.1) is 0 Å². The zero-order chi connectivity index (χ0) is 26.3. The van der Waals surface area contributed by atoms with E-state index in [4.69, 9.17) is 0 Å². The molecular formula is C28H19F3N6O. The van der Waals surface area contributed by atoms with Crippen molar-refractivity contribution in [3.8, 4) is 22.8 Å². The highest BCUT2D eigenvalue weighted by molar-refractivity contribution is 6.35. The minimum Gasteiger partial charge on any atom is -0.362 e. The summed E-state index contributed by atoms with van der Waals surface area (Å²) in [5, 5.41) is 13.0. The van der Waals surface area contributed by atoms with Crippen molar-refractivity contribution in [3.05, 3.63) is 102 Å². The van der Waals surface area contributed by atoms with Crippen LogP contribution in [-0.2, 0) is 11.0 Å². The van der Waals surface area contributed by atoms with E-state index in [2.05, 4.69) is 30.8 Å². The van der Waals surface area contributed by atoms with Gasteiger partial charge in [-0.3, -0.25) is 9.89 Å². The molecule has 7 nitrogen and oxygen atoms in total. The number of nitrogens with one attached hydrogen (secondary N) is 4. The lowest BCUT2D eigenvalue weighted by molar-refractivity contribution is -0.137. The topological polar surface area (TPSA) is 98.5 Å². The molecule has 1 aliphatic heterocycles. The van der Waals surface area contributed by atoms with Crippen LogP contribution in [0.4, 0.5) is 30.2 Å². The highest BCUT2D eigenvalue weighted by Gasteiger charge is 2.34. The number of hydrogen-bond acceptors (Lipinski definition) is 4. The van der Waals surface area contributed by atoms with Crippen molar-refractivity contribution in [2.24, 2.45) is 0 Å². The molecule has 188 valence electrons. The molecule has 0 atom stereocenters. The van der Waals surface area contributed by atoms with Gasteiger partial charge in [0.05, 0.1) is 16.8 Å². The van der Waals surface area contributed by atoms with Crippen molar-refractivity contribution in [2.45, 2.75) is 6.18 Å². The third kappa shape index (κ3) is 4.43. The molecule has 0 saturated heterocycles. The van der Waals surface area contributed by atoms with Gasteiger partial charge in [-0.1, -0.05) is 36.4 Å². The van der Waals surface area contributed by atoms with E-state index in [1.807, 2.05) is 36.4 Å². The van der Waals surface area contributed by atoms with Crippen LogP contribution < -0.4 is 10.6 Å². The number of nitrogens with zero attached hydrogens (tertiary/aromatic N) is 2. The molecule has 0 fully saturated rings. The maximum atomic E-state index is 13.4. The van der Waals surface area contributed by atoms with Crippen LogP contribution in [0.15, 0.2) is 85.1 Å². The molecule has 1 aliphatic rings. The molecular weight excluding hydrogens is 493 g/mol. The standard InChI is InChI=1S/C28H19F3N6O/c29-28(30,31)23-9-2-1-8-21(23)26-35-25(36-37-26)16-5-3-6-18(13-16)33-19-10-11-20-22(14-17-7-4-12-32-17)27(38)34-24(20)15-19/h1-15,32-33H,(H,34,38)(H,35,36,37). The zero-order valence-electron chi connectivity index (χ0n) is 19.6. The predicted molar refractivity (Wildman–Crippen MR) is 139 cm³/mol. The van der Waals surface area contributed by atoms with Gasteiger partial charge in [-0.15, -0.1) is 0 Å². The SMILES string of the molecule is O=C1Nc2cc(Nc3cccc(-c4n[nH]c(-c5ccccc5C(F)(F)F)n4)c3)ccc2C1=Cc1ccc[nH]1. The van der Waals surface area contributed by atoms with Crippen molar-refractivity contribution < 1.29 is 18.0 Å². The second-order valence-electron chi connectivity index (χ2n) is 8.65. The molecule has 6 rings (SSSR count). The van der Waals surface area contributed by atoms with Crippen molar-refractivity contribution in [2.75, 3.05) is 10.6 Å². The van der Waals surface area contributed by atoms with Crippen LogP contribution in [0.1, 0.15) is 16.8 Å². The number of carbonyl (C=O) groups excluding carboxylic acids is 1. The Kier molecular flexibility index (Phi) is 5.56. The van der Waals surface area contributed by atoms with Crippen LogP contribution in [0.25, 0.3) is 34.4 Å². The minimum atomic E-state index is -4.51. The number of halogens is 3. The summed E-state index contributed by atoms with van der Waals surface area (Å²) in [6.45, 7) is 0. The molecule has 38 heavy (non-hydrogen) atoms. The number of anilines is 3. The number of aromatic nitrogens is 4. The first-order chi connectivity index (χ1) is 18.3. The van der Waals surface area contributed by atoms with Crippen LogP contribution in [-0.4, -0.2) is 26.1 Å². The summed E-state index contributed by atoms with van der Waals surface area (Å²) in [5.41, 5.74) is 4.13. The van der Waals surface area contributed by atoms with E-state index >= 15 is 0 Å². The monoisotopic (exact) mass is 512 g/mol. The second kappa shape index (κ2) is 9.07. The highest BCUT2D eigenvalue weighted by atomic mass is 19.4. The molecule has 10 heteroatoms. The smallest absolute Gasteiger partial charge is 0.362 e. The number of alkyl halides is 3. The average molecular weight is 512 g/mol. The first-order valence-corrected chi connectivity index (χ1v) is 11.6. The van der Waals surface area contributed by atoms with Gasteiger partial charge in [-0.25, -0.2) is 4.98 Å². The van der Waals surface area contributed by atoms with Gasteiger partial charge in [0.15, 0.2) is 11.6 Å². The van der Waals surface area contributed by atoms with E-state index in [0.29, 0.717) is 16.8 Å². The largest absolute Gasteiger partial charge is 0.417 e. The normalized spacial score (nSPS) is 14.0. The van der Waals surface area contributed by atoms with Gasteiger partial charge in [0.25, 0.3) is 5.91 Å². The van der Waals surface area contributed by atoms with Gasteiger partial charge in [-0.05, 0) is 48.5 Å². The number of fused-ring (bicyclic) bond motifs is 1. The van der Waals surface area contributed by atoms with Gasteiger partial charge < -0.3 is 15.6 Å². The molecule has 0 bridgehead atoms. The number of aromatic amines is 2. The number of amides is 1. The Balaban J connectivity index is 1.25. The lowest BCUT2D eigenvalue weighted by Gasteiger charge is -2.10. The fourth-order valence-electron chi connectivity index (χ4n) is 4.36. The molecule has 3 aromatic carbocycles. The Bertz CT molecular complexity index is 1690. The lowest BCUT2D eigenvalue weighted by Crippen LogP contribution is -2.07. The van der Waals surface area contributed by atoms with Gasteiger partial charge in [0, 0.05) is 40.0 Å². The van der Waals surface area contributed by atoms with Crippen molar-refractivity contribution in [1.29, 1.82) is 0 Å². The van der Waals surface area contributed by atoms with Gasteiger partial charge >= 0.3 is 6.18 Å². The van der Waals surface area contributed by atoms with Crippen LogP contribution in [0.5, 0.6) is 0 Å². The number of benzene rings is 3. The summed E-state index contributed by atoms with van der Waals surface area (Å²) in [6.07, 6.45) is -0.917. The molecule has 0 saturated carbocycles. The Hall–Kier alpha value is -5.12. The highest BCUT2D eigenvalue weighted by Crippen LogP contribution is 2.37. The van der Waals surface area contributed by atoms with Crippen molar-refractivity contribution in [3.63, 3.8) is 0 Å². The third-order valence-corrected chi connectivity index (χ3v) is 6.11. The Morgan fingerprint density at radius 1 is 0.868 bits per heavy atom. The summed E-state index contributed by atoms with van der Waals surface area (Å²) < 4.78 is 40.3. The van der Waals surface area contributed by atoms with E-state index in [-0.39, 0.29) is 23.1 Å². The fourth-order valence-corrected chi connectivity index (χ4v) is 4.36. The Morgan fingerprint density at radius 2 is 1.71 bits per heavy atom. The minimum absolute atomic E-state index is 0.0314. The lowest BCUT2D eigenvalue weighted by atomic mass is 10.1. The Morgan fingerprint density at radius 3 is 2.53 bits per heavy atom. The molecule has 4 N–H and O–H groups in total. The summed E-state index contributed by atoms with van der Waals surface area (Å²) in [6, 6.07) is 21.8. The average Bonchev–Trinajstić information content (AvgIpc) is 3.65. The molecule has 0 unspecified atom stereocenters. The molecule has 1 amide bonds. The number of hydrogen-bond donors (Lipinski definition) is 4. The second-order valence-corrected chi connectivity index (χ2v) is 8.65. The van der Waals surface area contributed by atoms with Crippen LogP contribution in [0.3, 0.4) is 0 Å². The first-order valence-electron chi connectivity index (χ1n) is 11.6. The number of H-pyrrole nitrogens is 2. The molecule has 2 aromatic heterocycles. The van der Waals surface area contributed by atoms with Crippen LogP contribution >= 0.6 is 0 Å². The third-order valence-electron chi connectivity index (χ3n) is 6.11. The van der Waals surface area contributed by atoms with Crippen molar-refractivity contribution in [1.82, 2.24) is 20.2 Å². The summed E-state index contributed by atoms with van der Waals surface area (Å²) in [5.74, 6) is 0.117. The van der Waals surface area contributed by atoms with Gasteiger partial charge in [-0.2, -0.15) is 18.3 Å². The summed E-state index contributed by atoms with van der Waals surface area (Å²) in [7, 11) is 0. The summed E-state index contributed by atoms with van der Waals surface area (Å²) >= 11 is 0. The predicted octanol–water partition coefficient (Wildman–Crippen LogP) is 6.72. The van der Waals surface area contributed by atoms with E-state index in [1.54, 1.807) is 30.5 Å². The van der Waals surface area contributed by atoms with E-state index in [1.165, 1.54) is 18.2 Å². The van der Waals surface area contributed by atoms with E-state index in [9.17, 15) is 18.0 Å². The molecule has 0 aliphatic carbocycles. The maximum Gasteiger partial charge on any atom is 0.417 e. The van der Waals surface area contributed by atoms with Crippen LogP contribution in [0.2, 0.25) is 0 Å². The fraction of sp³-hybridized carbons (Fsp3) is 0.0357. The van der Waals surface area contributed by atoms with E-state index in [0.717, 1.165) is 28.7 Å². The van der Waals surface area contributed by atoms with Crippen molar-refractivity contribution >= 4 is 34.6 Å². The number of rotatable bonds is 5. The first kappa shape index (κ1) is 23.3.